The Hall–Kier alpha value is -4.52. The van der Waals surface area contributed by atoms with Gasteiger partial charge < -0.3 is 34.3 Å². The molecule has 0 unspecified atom stereocenters. The maximum Gasteiger partial charge on any atom is 0.459 e. The third-order valence-electron chi connectivity index (χ3n) is 7.62. The number of fused-ring (bicyclic) bond motifs is 1. The fraction of sp³-hybridized carbons (Fsp3) is 0.500. The van der Waals surface area contributed by atoms with Gasteiger partial charge >= 0.3 is 25.7 Å². The molecule has 17 heteroatoms. The lowest BCUT2D eigenvalue weighted by atomic mass is 9.95. The SMILES string of the molecule is CC(C)C(=O)O[C@H]1[C@H](c2ccc3c(N)ccnn23)O[C@](C#N)(CO[P@](=O)(N[C@@H](C)C(=O)OCC(C)(C)O)Oc2ccccc2)[C@H]1OC(=O)C(C)C. The van der Waals surface area contributed by atoms with Crippen molar-refractivity contribution < 1.29 is 52.1 Å². The average molecular weight is 730 g/mol. The Morgan fingerprint density at radius 3 is 2.31 bits per heavy atom. The van der Waals surface area contributed by atoms with Gasteiger partial charge in [-0.2, -0.15) is 15.4 Å². The number of aromatic nitrogens is 2. The van der Waals surface area contributed by atoms with E-state index in [1.54, 1.807) is 64.1 Å². The maximum atomic E-state index is 14.4. The molecule has 4 rings (SSSR count). The summed E-state index contributed by atoms with van der Waals surface area (Å²) in [6, 6.07) is 13.5. The fourth-order valence-corrected chi connectivity index (χ4v) is 6.42. The van der Waals surface area contributed by atoms with Gasteiger partial charge in [0.15, 0.2) is 12.2 Å². The van der Waals surface area contributed by atoms with Gasteiger partial charge in [-0.05, 0) is 51.1 Å². The first kappa shape index (κ1) is 39.3. The second kappa shape index (κ2) is 15.8. The third-order valence-corrected chi connectivity index (χ3v) is 9.24. The van der Waals surface area contributed by atoms with E-state index in [2.05, 4.69) is 10.2 Å². The molecule has 0 spiro atoms. The normalized spacial score (nSPS) is 22.3. The zero-order valence-corrected chi connectivity index (χ0v) is 30.4. The summed E-state index contributed by atoms with van der Waals surface area (Å²) in [6.07, 6.45) is -2.89. The molecule has 0 bridgehead atoms. The molecule has 1 aliphatic heterocycles. The fourth-order valence-electron chi connectivity index (χ4n) is 4.90. The monoisotopic (exact) mass is 729 g/mol. The van der Waals surface area contributed by atoms with Crippen LogP contribution in [-0.2, 0) is 42.4 Å². The standard InChI is InChI=1S/C34H44N5O11P/c1-20(2)30(40)47-28-27(26-14-13-25-24(36)15-16-37-39(25)26)49-34(17-35,29(28)48-31(41)21(3)4)19-46-51(44,50-23-11-9-8-10-12-23)38-22(5)32(42)45-18-33(6,7)43/h8-16,20-22,27-29,43H,18-19,36H2,1-7H3,(H,38,44)/t22-,27-,28-,29-,34+,51+/m0/s1. The number of carbonyl (C=O) groups excluding carboxylic acids is 3. The quantitative estimate of drug-likeness (QED) is 0.115. The van der Waals surface area contributed by atoms with Crippen molar-refractivity contribution >= 4 is 36.9 Å². The van der Waals surface area contributed by atoms with Gasteiger partial charge in [0, 0.05) is 6.20 Å². The molecule has 0 radical (unpaired) electrons. The number of anilines is 1. The van der Waals surface area contributed by atoms with E-state index >= 15 is 0 Å². The number of esters is 3. The number of aliphatic hydroxyl groups is 1. The smallest absolute Gasteiger partial charge is 0.459 e. The molecule has 2 aromatic heterocycles. The van der Waals surface area contributed by atoms with Crippen LogP contribution in [0.1, 0.15) is 60.3 Å². The average Bonchev–Trinajstić information content (AvgIpc) is 3.62. The van der Waals surface area contributed by atoms with E-state index in [1.165, 1.54) is 43.6 Å². The molecular formula is C34H44N5O11P. The highest BCUT2D eigenvalue weighted by molar-refractivity contribution is 7.52. The van der Waals surface area contributed by atoms with E-state index in [0.29, 0.717) is 16.9 Å². The topological polar surface area (TPSA) is 223 Å². The van der Waals surface area contributed by atoms with Crippen molar-refractivity contribution in [2.75, 3.05) is 18.9 Å². The Labute approximate surface area is 295 Å². The zero-order valence-electron chi connectivity index (χ0n) is 29.5. The summed E-state index contributed by atoms with van der Waals surface area (Å²) >= 11 is 0. The molecule has 0 saturated carbocycles. The number of nitriles is 1. The Kier molecular flexibility index (Phi) is 12.2. The van der Waals surface area contributed by atoms with Crippen LogP contribution in [0.4, 0.5) is 5.69 Å². The van der Waals surface area contributed by atoms with Gasteiger partial charge in [-0.15, -0.1) is 0 Å². The number of hydrogen-bond donors (Lipinski definition) is 3. The van der Waals surface area contributed by atoms with E-state index in [0.717, 1.165) is 0 Å². The first-order valence-corrected chi connectivity index (χ1v) is 17.8. The summed E-state index contributed by atoms with van der Waals surface area (Å²) in [5, 5.41) is 27.7. The number of carbonyl (C=O) groups is 3. The lowest BCUT2D eigenvalue weighted by Crippen LogP contribution is -2.50. The lowest BCUT2D eigenvalue weighted by molar-refractivity contribution is -0.173. The molecule has 16 nitrogen and oxygen atoms in total. The van der Waals surface area contributed by atoms with Crippen molar-refractivity contribution in [3.8, 4) is 11.8 Å². The van der Waals surface area contributed by atoms with Crippen LogP contribution in [-0.4, -0.2) is 75.3 Å². The molecule has 3 aromatic rings. The molecule has 51 heavy (non-hydrogen) atoms. The Balaban J connectivity index is 1.77. The van der Waals surface area contributed by atoms with Gasteiger partial charge in [0.1, 0.15) is 37.2 Å². The highest BCUT2D eigenvalue weighted by atomic mass is 31.2. The van der Waals surface area contributed by atoms with Gasteiger partial charge in [0.05, 0.1) is 34.3 Å². The number of nitrogen functional groups attached to an aromatic ring is 1. The molecule has 3 heterocycles. The van der Waals surface area contributed by atoms with Crippen molar-refractivity contribution in [1.82, 2.24) is 14.7 Å². The maximum absolute atomic E-state index is 14.4. The van der Waals surface area contributed by atoms with Crippen LogP contribution in [0.5, 0.6) is 5.75 Å². The van der Waals surface area contributed by atoms with E-state index in [9.17, 15) is 29.3 Å². The molecule has 6 atom stereocenters. The summed E-state index contributed by atoms with van der Waals surface area (Å²) < 4.78 is 50.8. The minimum absolute atomic E-state index is 0.0801. The van der Waals surface area contributed by atoms with Crippen LogP contribution in [0.2, 0.25) is 0 Å². The molecule has 4 N–H and O–H groups in total. The first-order chi connectivity index (χ1) is 23.9. The third kappa shape index (κ3) is 9.43. The van der Waals surface area contributed by atoms with Gasteiger partial charge in [-0.25, -0.2) is 9.08 Å². The highest BCUT2D eigenvalue weighted by Gasteiger charge is 2.62. The van der Waals surface area contributed by atoms with Crippen LogP contribution in [0.15, 0.2) is 54.7 Å². The number of nitrogens with one attached hydrogen (secondary N) is 1. The van der Waals surface area contributed by atoms with Crippen molar-refractivity contribution in [3.05, 3.63) is 60.4 Å². The van der Waals surface area contributed by atoms with Gasteiger partial charge in [-0.1, -0.05) is 45.9 Å². The summed E-state index contributed by atoms with van der Waals surface area (Å²) in [6.45, 7) is 9.34. The lowest BCUT2D eigenvalue weighted by Gasteiger charge is -2.31. The molecule has 1 aliphatic rings. The van der Waals surface area contributed by atoms with Crippen molar-refractivity contribution in [1.29, 1.82) is 5.26 Å². The van der Waals surface area contributed by atoms with Gasteiger partial charge in [0.2, 0.25) is 5.60 Å². The Bertz CT molecular complexity index is 1800. The predicted octanol–water partition coefficient (Wildman–Crippen LogP) is 3.88. The Morgan fingerprint density at radius 2 is 1.71 bits per heavy atom. The number of benzene rings is 1. The van der Waals surface area contributed by atoms with Crippen LogP contribution < -0.4 is 15.3 Å². The number of para-hydroxylation sites is 1. The minimum Gasteiger partial charge on any atom is -0.461 e. The molecule has 1 fully saturated rings. The number of rotatable bonds is 15. The number of hydrogen-bond acceptors (Lipinski definition) is 14. The van der Waals surface area contributed by atoms with E-state index in [4.69, 9.17) is 33.7 Å². The first-order valence-electron chi connectivity index (χ1n) is 16.3. The molecule has 1 aromatic carbocycles. The van der Waals surface area contributed by atoms with Crippen molar-refractivity contribution in [2.45, 2.75) is 84.0 Å². The summed E-state index contributed by atoms with van der Waals surface area (Å²) in [7, 11) is -4.62. The van der Waals surface area contributed by atoms with Gasteiger partial charge in [-0.3, -0.25) is 18.9 Å². The predicted molar refractivity (Wildman–Crippen MR) is 182 cm³/mol. The number of nitrogens with zero attached hydrogens (tertiary/aromatic N) is 3. The van der Waals surface area contributed by atoms with Crippen LogP contribution >= 0.6 is 7.75 Å². The highest BCUT2D eigenvalue weighted by Crippen LogP contribution is 2.50. The number of ether oxygens (including phenoxy) is 4. The molecule has 1 saturated heterocycles. The second-order valence-electron chi connectivity index (χ2n) is 13.4. The molecule has 0 aliphatic carbocycles. The van der Waals surface area contributed by atoms with Crippen LogP contribution in [0.25, 0.3) is 5.52 Å². The molecule has 276 valence electrons. The van der Waals surface area contributed by atoms with Gasteiger partial charge in [0.25, 0.3) is 0 Å². The zero-order chi connectivity index (χ0) is 37.7. The second-order valence-corrected chi connectivity index (χ2v) is 15.1. The number of nitrogens with two attached hydrogens (primary N) is 1. The minimum atomic E-state index is -4.62. The van der Waals surface area contributed by atoms with Crippen LogP contribution in [0, 0.1) is 23.2 Å². The summed E-state index contributed by atoms with van der Waals surface area (Å²) in [5.41, 5.74) is 3.72. The van der Waals surface area contributed by atoms with Crippen molar-refractivity contribution in [2.24, 2.45) is 11.8 Å². The summed E-state index contributed by atoms with van der Waals surface area (Å²) in [4.78, 5) is 39.1. The summed E-state index contributed by atoms with van der Waals surface area (Å²) in [5.74, 6) is -3.54. The van der Waals surface area contributed by atoms with Crippen LogP contribution in [0.3, 0.4) is 0 Å². The van der Waals surface area contributed by atoms with E-state index in [1.807, 2.05) is 6.07 Å². The van der Waals surface area contributed by atoms with E-state index < -0.39 is 79.7 Å². The largest absolute Gasteiger partial charge is 0.461 e. The Morgan fingerprint density at radius 1 is 1.06 bits per heavy atom. The molecular weight excluding hydrogens is 685 g/mol. The van der Waals surface area contributed by atoms with E-state index in [-0.39, 0.29) is 12.4 Å². The molecule has 0 amide bonds. The van der Waals surface area contributed by atoms with Crippen molar-refractivity contribution in [3.63, 3.8) is 0 Å².